The maximum absolute atomic E-state index is 6.42. The van der Waals surface area contributed by atoms with Gasteiger partial charge in [-0.25, -0.2) is 0 Å². The topological polar surface area (TPSA) is 38.5 Å². The molecule has 1 saturated heterocycles. The second-order valence-corrected chi connectivity index (χ2v) is 6.54. The lowest BCUT2D eigenvalue weighted by molar-refractivity contribution is -0.0547. The van der Waals surface area contributed by atoms with Crippen LogP contribution in [0.2, 0.25) is 0 Å². The van der Waals surface area contributed by atoms with Crippen molar-refractivity contribution in [2.45, 2.75) is 75.5 Å². The van der Waals surface area contributed by atoms with Crippen molar-refractivity contribution in [3.05, 3.63) is 0 Å². The van der Waals surface area contributed by atoms with Gasteiger partial charge in [0.05, 0.1) is 11.7 Å². The number of nitrogens with two attached hydrogens (primary N) is 1. The first-order valence-corrected chi connectivity index (χ1v) is 7.93. The van der Waals surface area contributed by atoms with E-state index in [2.05, 4.69) is 4.90 Å². The van der Waals surface area contributed by atoms with Gasteiger partial charge >= 0.3 is 0 Å². The van der Waals surface area contributed by atoms with Gasteiger partial charge in [0, 0.05) is 25.7 Å². The van der Waals surface area contributed by atoms with Gasteiger partial charge in [-0.05, 0) is 38.5 Å². The number of nitrogens with zero attached hydrogens (tertiary/aromatic N) is 1. The van der Waals surface area contributed by atoms with Gasteiger partial charge in [0.2, 0.25) is 0 Å². The van der Waals surface area contributed by atoms with Gasteiger partial charge in [0.15, 0.2) is 0 Å². The maximum atomic E-state index is 6.42. The van der Waals surface area contributed by atoms with Gasteiger partial charge in [-0.1, -0.05) is 19.3 Å². The molecule has 0 aromatic heterocycles. The van der Waals surface area contributed by atoms with Gasteiger partial charge in [-0.15, -0.1) is 0 Å². The van der Waals surface area contributed by atoms with Crippen LogP contribution in [0.1, 0.15) is 57.8 Å². The zero-order valence-electron chi connectivity index (χ0n) is 11.6. The minimum absolute atomic E-state index is 0.290. The Morgan fingerprint density at radius 2 is 1.83 bits per heavy atom. The molecular weight excluding hydrogens is 224 g/mol. The first-order chi connectivity index (χ1) is 8.81. The van der Waals surface area contributed by atoms with Crippen molar-refractivity contribution in [3.63, 3.8) is 0 Å². The van der Waals surface area contributed by atoms with Gasteiger partial charge < -0.3 is 10.5 Å². The van der Waals surface area contributed by atoms with Crippen LogP contribution in [-0.2, 0) is 4.74 Å². The van der Waals surface area contributed by atoms with E-state index in [1.165, 1.54) is 57.8 Å². The number of ether oxygens (including phenoxy) is 1. The fourth-order valence-corrected chi connectivity index (χ4v) is 4.01. The van der Waals surface area contributed by atoms with E-state index < -0.39 is 0 Å². The third kappa shape index (κ3) is 2.59. The third-order valence-electron chi connectivity index (χ3n) is 5.30. The summed E-state index contributed by atoms with van der Waals surface area (Å²) in [6.07, 6.45) is 12.6. The summed E-state index contributed by atoms with van der Waals surface area (Å²) in [5.74, 6) is 0. The average Bonchev–Trinajstić information content (AvgIpc) is 2.88. The molecule has 3 rings (SSSR count). The molecular formula is C15H28N2O. The van der Waals surface area contributed by atoms with Crippen molar-refractivity contribution in [2.24, 2.45) is 5.73 Å². The number of rotatable bonds is 5. The molecule has 0 aromatic carbocycles. The van der Waals surface area contributed by atoms with E-state index in [0.717, 1.165) is 25.7 Å². The van der Waals surface area contributed by atoms with Crippen LogP contribution in [0.5, 0.6) is 0 Å². The monoisotopic (exact) mass is 252 g/mol. The largest absolute Gasteiger partial charge is 0.370 e. The highest BCUT2D eigenvalue weighted by molar-refractivity contribution is 4.94. The van der Waals surface area contributed by atoms with Crippen LogP contribution < -0.4 is 5.73 Å². The molecule has 2 saturated carbocycles. The first kappa shape index (κ1) is 12.9. The molecule has 1 heterocycles. The van der Waals surface area contributed by atoms with Crippen LogP contribution >= 0.6 is 0 Å². The van der Waals surface area contributed by atoms with E-state index in [9.17, 15) is 0 Å². The molecule has 2 N–H and O–H groups in total. The molecule has 3 heteroatoms. The summed E-state index contributed by atoms with van der Waals surface area (Å²) in [5.41, 5.74) is 6.04. The van der Waals surface area contributed by atoms with Crippen LogP contribution in [0.15, 0.2) is 0 Å². The second kappa shape index (κ2) is 5.48. The molecule has 18 heavy (non-hydrogen) atoms. The van der Waals surface area contributed by atoms with Crippen molar-refractivity contribution < 1.29 is 4.74 Å². The van der Waals surface area contributed by atoms with Crippen LogP contribution in [0.3, 0.4) is 0 Å². The van der Waals surface area contributed by atoms with E-state index in [-0.39, 0.29) is 0 Å². The Morgan fingerprint density at radius 1 is 1.06 bits per heavy atom. The first-order valence-electron chi connectivity index (χ1n) is 7.93. The molecule has 1 spiro atoms. The van der Waals surface area contributed by atoms with Crippen LogP contribution in [-0.4, -0.2) is 42.3 Å². The standard InChI is InChI=1S/C15H28N2O/c16-10-11-17(13-4-3-5-13)12-14-6-9-15(18-14)7-1-2-8-15/h13-14H,1-12,16H2. The quantitative estimate of drug-likeness (QED) is 0.816. The minimum Gasteiger partial charge on any atom is -0.370 e. The Labute approximate surface area is 111 Å². The van der Waals surface area contributed by atoms with Gasteiger partial charge in [-0.2, -0.15) is 0 Å². The van der Waals surface area contributed by atoms with Crippen LogP contribution in [0, 0.1) is 0 Å². The lowest BCUT2D eigenvalue weighted by Crippen LogP contribution is -2.46. The fraction of sp³-hybridized carbons (Fsp3) is 1.00. The summed E-state index contributed by atoms with van der Waals surface area (Å²) in [4.78, 5) is 2.60. The Morgan fingerprint density at radius 3 is 2.44 bits per heavy atom. The molecule has 1 atom stereocenters. The third-order valence-corrected chi connectivity index (χ3v) is 5.30. The van der Waals surface area contributed by atoms with Crippen molar-refractivity contribution in [2.75, 3.05) is 19.6 Å². The lowest BCUT2D eigenvalue weighted by Gasteiger charge is -2.39. The Bertz CT molecular complexity index is 272. The number of hydrogen-bond acceptors (Lipinski definition) is 3. The van der Waals surface area contributed by atoms with E-state index in [1.807, 2.05) is 0 Å². The Hall–Kier alpha value is -0.120. The summed E-state index contributed by atoms with van der Waals surface area (Å²) >= 11 is 0. The molecule has 0 bridgehead atoms. The maximum Gasteiger partial charge on any atom is 0.0710 e. The van der Waals surface area contributed by atoms with Crippen molar-refractivity contribution in [1.29, 1.82) is 0 Å². The van der Waals surface area contributed by atoms with Crippen molar-refractivity contribution in [1.82, 2.24) is 4.90 Å². The zero-order valence-corrected chi connectivity index (χ0v) is 11.6. The molecule has 0 radical (unpaired) electrons. The summed E-state index contributed by atoms with van der Waals surface area (Å²) < 4.78 is 6.42. The molecule has 0 aromatic rings. The highest BCUT2D eigenvalue weighted by Crippen LogP contribution is 2.43. The van der Waals surface area contributed by atoms with E-state index in [0.29, 0.717) is 11.7 Å². The Balaban J connectivity index is 1.52. The Kier molecular flexibility index (Phi) is 3.92. The number of hydrogen-bond donors (Lipinski definition) is 1. The molecule has 3 aliphatic rings. The fourth-order valence-electron chi connectivity index (χ4n) is 4.01. The molecule has 3 fully saturated rings. The normalized spacial score (nSPS) is 31.3. The smallest absolute Gasteiger partial charge is 0.0710 e. The molecule has 104 valence electrons. The molecule has 0 amide bonds. The summed E-state index contributed by atoms with van der Waals surface area (Å²) in [6, 6.07) is 0.803. The summed E-state index contributed by atoms with van der Waals surface area (Å²) in [5, 5.41) is 0. The van der Waals surface area contributed by atoms with E-state index in [4.69, 9.17) is 10.5 Å². The van der Waals surface area contributed by atoms with E-state index in [1.54, 1.807) is 0 Å². The predicted octanol–water partition coefficient (Wildman–Crippen LogP) is 2.29. The predicted molar refractivity (Wildman–Crippen MR) is 73.6 cm³/mol. The van der Waals surface area contributed by atoms with Gasteiger partial charge in [0.1, 0.15) is 0 Å². The average molecular weight is 252 g/mol. The van der Waals surface area contributed by atoms with Crippen LogP contribution in [0.4, 0.5) is 0 Å². The molecule has 3 nitrogen and oxygen atoms in total. The minimum atomic E-state index is 0.290. The van der Waals surface area contributed by atoms with Crippen LogP contribution in [0.25, 0.3) is 0 Å². The van der Waals surface area contributed by atoms with E-state index >= 15 is 0 Å². The molecule has 1 unspecified atom stereocenters. The highest BCUT2D eigenvalue weighted by Gasteiger charge is 2.42. The molecule has 1 aliphatic heterocycles. The lowest BCUT2D eigenvalue weighted by atomic mass is 9.91. The SMILES string of the molecule is NCCN(CC1CCC2(CCCC2)O1)C1CCC1. The van der Waals surface area contributed by atoms with Crippen molar-refractivity contribution >= 4 is 0 Å². The highest BCUT2D eigenvalue weighted by atomic mass is 16.5. The zero-order chi connectivity index (χ0) is 12.4. The van der Waals surface area contributed by atoms with Gasteiger partial charge in [0.25, 0.3) is 0 Å². The summed E-state index contributed by atoms with van der Waals surface area (Å²) in [6.45, 7) is 2.97. The van der Waals surface area contributed by atoms with Gasteiger partial charge in [-0.3, -0.25) is 4.90 Å². The summed E-state index contributed by atoms with van der Waals surface area (Å²) in [7, 11) is 0. The van der Waals surface area contributed by atoms with Crippen molar-refractivity contribution in [3.8, 4) is 0 Å². The second-order valence-electron chi connectivity index (χ2n) is 6.54. The molecule has 2 aliphatic carbocycles.